The topological polar surface area (TPSA) is 70.8 Å². The molecule has 1 aliphatic carbocycles. The van der Waals surface area contributed by atoms with Crippen LogP contribution in [-0.4, -0.2) is 32.9 Å². The first kappa shape index (κ1) is 15.2. The highest BCUT2D eigenvalue weighted by Gasteiger charge is 2.27. The molecule has 5 heteroatoms. The van der Waals surface area contributed by atoms with Gasteiger partial charge >= 0.3 is 0 Å². The van der Waals surface area contributed by atoms with Crippen LogP contribution in [0.1, 0.15) is 48.8 Å². The Kier molecular flexibility index (Phi) is 5.19. The van der Waals surface area contributed by atoms with Gasteiger partial charge in [0.25, 0.3) is 0 Å². The molecule has 1 atom stereocenters. The van der Waals surface area contributed by atoms with Gasteiger partial charge in [-0.2, -0.15) is 0 Å². The Morgan fingerprint density at radius 2 is 2.23 bits per heavy atom. The van der Waals surface area contributed by atoms with E-state index in [2.05, 4.69) is 25.9 Å². The number of nitrogens with one attached hydrogen (secondary N) is 1. The monoisotopic (exact) mass is 299 g/mol. The smallest absolute Gasteiger partial charge is 0.120 e. The number of unbranched alkanes of at least 4 members (excludes halogenated alkanes) is 1. The zero-order valence-corrected chi connectivity index (χ0v) is 13.0. The first-order valence-electron chi connectivity index (χ1n) is 8.24. The van der Waals surface area contributed by atoms with Gasteiger partial charge in [0, 0.05) is 18.6 Å². The van der Waals surface area contributed by atoms with Crippen LogP contribution in [0.3, 0.4) is 0 Å². The number of aromatic nitrogens is 3. The van der Waals surface area contributed by atoms with Gasteiger partial charge in [-0.3, -0.25) is 9.88 Å². The SMILES string of the molecule is NCCCCN(Cc1ncc[nH]1)C1CCCc2cccnc21. The number of H-pyrrole nitrogens is 1. The summed E-state index contributed by atoms with van der Waals surface area (Å²) in [6.07, 6.45) is 11.4. The van der Waals surface area contributed by atoms with Crippen molar-refractivity contribution in [1.29, 1.82) is 0 Å². The van der Waals surface area contributed by atoms with E-state index in [9.17, 15) is 0 Å². The molecule has 3 rings (SSSR count). The van der Waals surface area contributed by atoms with Gasteiger partial charge in [0.2, 0.25) is 0 Å². The quantitative estimate of drug-likeness (QED) is 0.770. The molecule has 0 amide bonds. The molecule has 2 aromatic rings. The molecule has 22 heavy (non-hydrogen) atoms. The van der Waals surface area contributed by atoms with E-state index in [1.54, 1.807) is 0 Å². The average molecular weight is 299 g/mol. The number of rotatable bonds is 7. The van der Waals surface area contributed by atoms with Crippen molar-refractivity contribution in [2.45, 2.75) is 44.7 Å². The zero-order valence-electron chi connectivity index (χ0n) is 13.0. The second kappa shape index (κ2) is 7.51. The Morgan fingerprint density at radius 3 is 3.05 bits per heavy atom. The van der Waals surface area contributed by atoms with Crippen molar-refractivity contribution in [3.8, 4) is 0 Å². The van der Waals surface area contributed by atoms with Crippen LogP contribution in [0.25, 0.3) is 0 Å². The van der Waals surface area contributed by atoms with Crippen LogP contribution in [0.4, 0.5) is 0 Å². The molecule has 0 fully saturated rings. The Bertz CT molecular complexity index is 566. The minimum atomic E-state index is 0.396. The third-order valence-corrected chi connectivity index (χ3v) is 4.41. The third-order valence-electron chi connectivity index (χ3n) is 4.41. The summed E-state index contributed by atoms with van der Waals surface area (Å²) in [7, 11) is 0. The number of nitrogens with two attached hydrogens (primary N) is 1. The van der Waals surface area contributed by atoms with E-state index in [-0.39, 0.29) is 0 Å². The Morgan fingerprint density at radius 1 is 1.27 bits per heavy atom. The van der Waals surface area contributed by atoms with E-state index in [0.29, 0.717) is 6.04 Å². The van der Waals surface area contributed by atoms with Crippen molar-refractivity contribution in [2.75, 3.05) is 13.1 Å². The predicted octanol–water partition coefficient (Wildman–Crippen LogP) is 2.42. The molecule has 0 saturated carbocycles. The summed E-state index contributed by atoms with van der Waals surface area (Å²) >= 11 is 0. The summed E-state index contributed by atoms with van der Waals surface area (Å²) in [5, 5.41) is 0. The van der Waals surface area contributed by atoms with Gasteiger partial charge in [0.05, 0.1) is 18.3 Å². The fourth-order valence-corrected chi connectivity index (χ4v) is 3.32. The standard InChI is InChI=1S/C17H25N5/c18-8-1-2-12-22(13-16-19-10-11-20-16)15-7-3-5-14-6-4-9-21-17(14)15/h4,6,9-11,15H,1-3,5,7-8,12-13,18H2,(H,19,20). The van der Waals surface area contributed by atoms with Crippen molar-refractivity contribution < 1.29 is 0 Å². The molecule has 0 aliphatic heterocycles. The molecule has 0 aromatic carbocycles. The van der Waals surface area contributed by atoms with Gasteiger partial charge in [-0.05, 0) is 56.8 Å². The predicted molar refractivity (Wildman–Crippen MR) is 87.2 cm³/mol. The molecule has 0 radical (unpaired) electrons. The lowest BCUT2D eigenvalue weighted by Crippen LogP contribution is -2.33. The van der Waals surface area contributed by atoms with Crippen molar-refractivity contribution in [3.05, 3.63) is 47.8 Å². The van der Waals surface area contributed by atoms with Crippen LogP contribution in [0.5, 0.6) is 0 Å². The second-order valence-electron chi connectivity index (χ2n) is 5.96. The molecular formula is C17H25N5. The summed E-state index contributed by atoms with van der Waals surface area (Å²) in [5.41, 5.74) is 8.32. The van der Waals surface area contributed by atoms with Gasteiger partial charge in [-0.1, -0.05) is 6.07 Å². The molecule has 0 saturated heterocycles. The number of hydrogen-bond donors (Lipinski definition) is 2. The molecule has 1 aliphatic rings. The van der Waals surface area contributed by atoms with E-state index in [1.807, 2.05) is 24.7 Å². The van der Waals surface area contributed by atoms with Crippen LogP contribution < -0.4 is 5.73 Å². The molecule has 2 aromatic heterocycles. The third kappa shape index (κ3) is 3.54. The number of pyridine rings is 1. The lowest BCUT2D eigenvalue weighted by Gasteiger charge is -2.34. The van der Waals surface area contributed by atoms with Gasteiger partial charge in [-0.25, -0.2) is 4.98 Å². The van der Waals surface area contributed by atoms with Crippen molar-refractivity contribution in [3.63, 3.8) is 0 Å². The normalized spacial score (nSPS) is 17.6. The lowest BCUT2D eigenvalue weighted by atomic mass is 9.90. The summed E-state index contributed by atoms with van der Waals surface area (Å²) in [6.45, 7) is 2.64. The van der Waals surface area contributed by atoms with Gasteiger partial charge in [-0.15, -0.1) is 0 Å². The van der Waals surface area contributed by atoms with Crippen LogP contribution in [0.2, 0.25) is 0 Å². The number of aromatic amines is 1. The summed E-state index contributed by atoms with van der Waals surface area (Å²) in [6, 6.07) is 4.67. The van der Waals surface area contributed by atoms with Crippen molar-refractivity contribution in [1.82, 2.24) is 19.9 Å². The number of imidazole rings is 1. The molecule has 3 N–H and O–H groups in total. The summed E-state index contributed by atoms with van der Waals surface area (Å²) < 4.78 is 0. The van der Waals surface area contributed by atoms with E-state index < -0.39 is 0 Å². The largest absolute Gasteiger partial charge is 0.348 e. The summed E-state index contributed by atoms with van der Waals surface area (Å²) in [4.78, 5) is 14.8. The fraction of sp³-hybridized carbons (Fsp3) is 0.529. The van der Waals surface area contributed by atoms with E-state index in [4.69, 9.17) is 5.73 Å². The highest BCUT2D eigenvalue weighted by Crippen LogP contribution is 2.33. The lowest BCUT2D eigenvalue weighted by molar-refractivity contribution is 0.159. The number of fused-ring (bicyclic) bond motifs is 1. The fourth-order valence-electron chi connectivity index (χ4n) is 3.32. The van der Waals surface area contributed by atoms with Gasteiger partial charge in [0.15, 0.2) is 0 Å². The molecule has 1 unspecified atom stereocenters. The highest BCUT2D eigenvalue weighted by atomic mass is 15.2. The number of nitrogens with zero attached hydrogens (tertiary/aromatic N) is 3. The molecule has 0 spiro atoms. The van der Waals surface area contributed by atoms with Crippen LogP contribution in [0.15, 0.2) is 30.7 Å². The Balaban J connectivity index is 1.79. The first-order chi connectivity index (χ1) is 10.9. The van der Waals surface area contributed by atoms with E-state index in [1.165, 1.54) is 24.1 Å². The number of hydrogen-bond acceptors (Lipinski definition) is 4. The minimum absolute atomic E-state index is 0.396. The minimum Gasteiger partial charge on any atom is -0.348 e. The second-order valence-corrected chi connectivity index (χ2v) is 5.96. The molecule has 118 valence electrons. The molecule has 0 bridgehead atoms. The van der Waals surface area contributed by atoms with Crippen LogP contribution in [0, 0.1) is 0 Å². The van der Waals surface area contributed by atoms with E-state index in [0.717, 1.165) is 44.7 Å². The Hall–Kier alpha value is -1.72. The molecule has 2 heterocycles. The van der Waals surface area contributed by atoms with Crippen LogP contribution in [-0.2, 0) is 13.0 Å². The molecule has 5 nitrogen and oxygen atoms in total. The van der Waals surface area contributed by atoms with Gasteiger partial charge in [0.1, 0.15) is 5.82 Å². The van der Waals surface area contributed by atoms with Gasteiger partial charge < -0.3 is 10.7 Å². The van der Waals surface area contributed by atoms with Crippen molar-refractivity contribution in [2.24, 2.45) is 5.73 Å². The number of aryl methyl sites for hydroxylation is 1. The maximum absolute atomic E-state index is 5.66. The van der Waals surface area contributed by atoms with E-state index >= 15 is 0 Å². The molecular weight excluding hydrogens is 274 g/mol. The zero-order chi connectivity index (χ0) is 15.2. The average Bonchev–Trinajstić information content (AvgIpc) is 3.07. The highest BCUT2D eigenvalue weighted by molar-refractivity contribution is 5.25. The first-order valence-corrected chi connectivity index (χ1v) is 8.24. The summed E-state index contributed by atoms with van der Waals surface area (Å²) in [5.74, 6) is 1.02. The maximum atomic E-state index is 5.66. The maximum Gasteiger partial charge on any atom is 0.120 e. The van der Waals surface area contributed by atoms with Crippen molar-refractivity contribution >= 4 is 0 Å². The van der Waals surface area contributed by atoms with Crippen LogP contribution >= 0.6 is 0 Å². The Labute approximate surface area is 132 Å².